The summed E-state index contributed by atoms with van der Waals surface area (Å²) in [7, 11) is 0. The van der Waals surface area contributed by atoms with Gasteiger partial charge in [0.15, 0.2) is 0 Å². The van der Waals surface area contributed by atoms with Crippen LogP contribution in [-0.2, 0) is 9.59 Å². The molecule has 2 atom stereocenters. The predicted octanol–water partition coefficient (Wildman–Crippen LogP) is 2.94. The van der Waals surface area contributed by atoms with Gasteiger partial charge < -0.3 is 14.7 Å². The summed E-state index contributed by atoms with van der Waals surface area (Å²) in [6, 6.07) is 20.3. The zero-order valence-corrected chi connectivity index (χ0v) is 16.3. The van der Waals surface area contributed by atoms with Crippen LogP contribution in [0.3, 0.4) is 0 Å². The number of benzene rings is 2. The van der Waals surface area contributed by atoms with Gasteiger partial charge in [-0.15, -0.1) is 0 Å². The van der Waals surface area contributed by atoms with Gasteiger partial charge in [-0.2, -0.15) is 0 Å². The summed E-state index contributed by atoms with van der Waals surface area (Å²) in [5, 5.41) is 0. The number of amides is 2. The zero-order chi connectivity index (χ0) is 19.5. The molecule has 0 aromatic heterocycles. The summed E-state index contributed by atoms with van der Waals surface area (Å²) in [5.74, 6) is -0.0108. The van der Waals surface area contributed by atoms with Crippen LogP contribution in [0.2, 0.25) is 0 Å². The van der Waals surface area contributed by atoms with Gasteiger partial charge in [-0.25, -0.2) is 0 Å². The van der Waals surface area contributed by atoms with Crippen molar-refractivity contribution in [3.8, 4) is 0 Å². The van der Waals surface area contributed by atoms with Crippen molar-refractivity contribution in [3.05, 3.63) is 66.2 Å². The molecule has 5 nitrogen and oxygen atoms in total. The highest BCUT2D eigenvalue weighted by Crippen LogP contribution is 2.29. The third kappa shape index (κ3) is 3.75. The Bertz CT molecular complexity index is 816. The molecule has 5 heteroatoms. The summed E-state index contributed by atoms with van der Waals surface area (Å²) in [6.45, 7) is 5.66. The molecule has 0 spiro atoms. The number of piperazine rings is 1. The van der Waals surface area contributed by atoms with Crippen LogP contribution in [0, 0.1) is 5.92 Å². The summed E-state index contributed by atoms with van der Waals surface area (Å²) < 4.78 is 0. The minimum Gasteiger partial charge on any atom is -0.368 e. The molecule has 0 N–H and O–H groups in total. The topological polar surface area (TPSA) is 43.9 Å². The number of hydrogen-bond acceptors (Lipinski definition) is 3. The van der Waals surface area contributed by atoms with Crippen molar-refractivity contribution in [2.75, 3.05) is 37.6 Å². The van der Waals surface area contributed by atoms with E-state index < -0.39 is 0 Å². The summed E-state index contributed by atoms with van der Waals surface area (Å²) in [4.78, 5) is 31.7. The molecule has 2 heterocycles. The van der Waals surface area contributed by atoms with E-state index in [1.807, 2.05) is 65.3 Å². The summed E-state index contributed by atoms with van der Waals surface area (Å²) in [5.41, 5.74) is 2.31. The minimum atomic E-state index is -0.220. The molecule has 2 aromatic carbocycles. The lowest BCUT2D eigenvalue weighted by molar-refractivity contribution is -0.136. The second-order valence-electron chi connectivity index (χ2n) is 7.68. The van der Waals surface area contributed by atoms with Crippen molar-refractivity contribution < 1.29 is 9.59 Å². The molecule has 0 aliphatic carbocycles. The molecule has 0 radical (unpaired) electrons. The van der Waals surface area contributed by atoms with Crippen LogP contribution in [0.5, 0.6) is 0 Å². The van der Waals surface area contributed by atoms with Crippen LogP contribution in [0.25, 0.3) is 0 Å². The van der Waals surface area contributed by atoms with Crippen molar-refractivity contribution in [1.82, 2.24) is 9.80 Å². The van der Waals surface area contributed by atoms with E-state index in [-0.39, 0.29) is 23.8 Å². The number of para-hydroxylation sites is 1. The molecule has 2 aliphatic heterocycles. The highest BCUT2D eigenvalue weighted by molar-refractivity contribution is 5.89. The number of hydrogen-bond donors (Lipinski definition) is 0. The lowest BCUT2D eigenvalue weighted by atomic mass is 10.1. The molecular formula is C23H27N3O2. The predicted molar refractivity (Wildman–Crippen MR) is 110 cm³/mol. The first-order chi connectivity index (χ1) is 13.6. The van der Waals surface area contributed by atoms with Gasteiger partial charge in [-0.05, 0) is 24.6 Å². The number of carbonyl (C=O) groups is 2. The minimum absolute atomic E-state index is 0.00132. The maximum absolute atomic E-state index is 13.0. The van der Waals surface area contributed by atoms with E-state index in [4.69, 9.17) is 0 Å². The lowest BCUT2D eigenvalue weighted by Gasteiger charge is -2.37. The van der Waals surface area contributed by atoms with Crippen LogP contribution in [0.1, 0.15) is 24.9 Å². The van der Waals surface area contributed by atoms with Crippen LogP contribution in [0.15, 0.2) is 60.7 Å². The zero-order valence-electron chi connectivity index (χ0n) is 16.3. The third-order valence-corrected chi connectivity index (χ3v) is 5.97. The fraction of sp³-hybridized carbons (Fsp3) is 0.391. The van der Waals surface area contributed by atoms with Crippen LogP contribution in [-0.4, -0.2) is 54.3 Å². The first-order valence-electron chi connectivity index (χ1n) is 10.1. The maximum Gasteiger partial charge on any atom is 0.228 e. The largest absolute Gasteiger partial charge is 0.368 e. The summed E-state index contributed by atoms with van der Waals surface area (Å²) in [6.07, 6.45) is 0.328. The second-order valence-corrected chi connectivity index (χ2v) is 7.68. The Balaban J connectivity index is 1.35. The fourth-order valence-corrected chi connectivity index (χ4v) is 4.26. The van der Waals surface area contributed by atoms with E-state index in [1.54, 1.807) is 0 Å². The SMILES string of the molecule is C[C@H](c1ccccc1)N1C[C@@H](C(=O)N2CCN(c3ccccc3)CC2)CC1=O. The molecule has 2 saturated heterocycles. The molecule has 28 heavy (non-hydrogen) atoms. The van der Waals surface area contributed by atoms with Gasteiger partial charge in [0.2, 0.25) is 11.8 Å². The van der Waals surface area contributed by atoms with E-state index in [9.17, 15) is 9.59 Å². The molecule has 2 aromatic rings. The Morgan fingerprint density at radius 3 is 2.18 bits per heavy atom. The van der Waals surface area contributed by atoms with Crippen LogP contribution >= 0.6 is 0 Å². The average molecular weight is 377 g/mol. The van der Waals surface area contributed by atoms with E-state index in [1.165, 1.54) is 5.69 Å². The van der Waals surface area contributed by atoms with Gasteiger partial charge in [0.25, 0.3) is 0 Å². The van der Waals surface area contributed by atoms with E-state index in [0.717, 1.165) is 18.7 Å². The molecule has 4 rings (SSSR count). The maximum atomic E-state index is 13.0. The van der Waals surface area contributed by atoms with Gasteiger partial charge in [-0.1, -0.05) is 48.5 Å². The normalized spacial score (nSPS) is 21.1. The molecule has 2 amide bonds. The first kappa shape index (κ1) is 18.5. The number of carbonyl (C=O) groups excluding carboxylic acids is 2. The molecule has 146 valence electrons. The molecule has 0 bridgehead atoms. The molecule has 0 saturated carbocycles. The van der Waals surface area contributed by atoms with E-state index in [0.29, 0.717) is 26.1 Å². The smallest absolute Gasteiger partial charge is 0.228 e. The molecule has 2 aliphatic rings. The van der Waals surface area contributed by atoms with Crippen LogP contribution in [0.4, 0.5) is 5.69 Å². The Morgan fingerprint density at radius 2 is 1.54 bits per heavy atom. The van der Waals surface area contributed by atoms with E-state index in [2.05, 4.69) is 17.0 Å². The van der Waals surface area contributed by atoms with Crippen molar-refractivity contribution in [2.24, 2.45) is 5.92 Å². The number of rotatable bonds is 4. The Morgan fingerprint density at radius 1 is 0.929 bits per heavy atom. The average Bonchev–Trinajstić information content (AvgIpc) is 3.15. The van der Waals surface area contributed by atoms with E-state index >= 15 is 0 Å². The summed E-state index contributed by atoms with van der Waals surface area (Å²) >= 11 is 0. The van der Waals surface area contributed by atoms with Crippen molar-refractivity contribution in [3.63, 3.8) is 0 Å². The first-order valence-corrected chi connectivity index (χ1v) is 10.1. The quantitative estimate of drug-likeness (QED) is 0.823. The molecular weight excluding hydrogens is 350 g/mol. The van der Waals surface area contributed by atoms with Crippen molar-refractivity contribution >= 4 is 17.5 Å². The van der Waals surface area contributed by atoms with Crippen molar-refractivity contribution in [2.45, 2.75) is 19.4 Å². The van der Waals surface area contributed by atoms with Crippen molar-refractivity contribution in [1.29, 1.82) is 0 Å². The Labute approximate surface area is 166 Å². The highest BCUT2D eigenvalue weighted by Gasteiger charge is 2.39. The second kappa shape index (κ2) is 8.05. The Hall–Kier alpha value is -2.82. The molecule has 2 fully saturated rings. The van der Waals surface area contributed by atoms with Gasteiger partial charge in [0.05, 0.1) is 12.0 Å². The van der Waals surface area contributed by atoms with Gasteiger partial charge in [-0.3, -0.25) is 9.59 Å². The number of likely N-dealkylation sites (tertiary alicyclic amines) is 1. The van der Waals surface area contributed by atoms with Gasteiger partial charge in [0, 0.05) is 44.8 Å². The lowest BCUT2D eigenvalue weighted by Crippen LogP contribution is -2.50. The monoisotopic (exact) mass is 377 g/mol. The highest BCUT2D eigenvalue weighted by atomic mass is 16.2. The fourth-order valence-electron chi connectivity index (χ4n) is 4.26. The molecule has 0 unspecified atom stereocenters. The number of anilines is 1. The van der Waals surface area contributed by atoms with Gasteiger partial charge in [0.1, 0.15) is 0 Å². The Kier molecular flexibility index (Phi) is 5.33. The third-order valence-electron chi connectivity index (χ3n) is 5.97. The van der Waals surface area contributed by atoms with Gasteiger partial charge >= 0.3 is 0 Å². The van der Waals surface area contributed by atoms with Crippen LogP contribution < -0.4 is 4.90 Å². The standard InChI is InChI=1S/C23H27N3O2/c1-18(19-8-4-2-5-9-19)26-17-20(16-22(26)27)23(28)25-14-12-24(13-15-25)21-10-6-3-7-11-21/h2-11,18,20H,12-17H2,1H3/t18-,20+/m1/s1. The number of nitrogens with zero attached hydrogens (tertiary/aromatic N) is 3.